The number of halogens is 2. The van der Waals surface area contributed by atoms with Crippen LogP contribution in [0.15, 0.2) is 24.5 Å². The normalized spacial score (nSPS) is 11.4. The molecule has 0 unspecified atom stereocenters. The maximum atomic E-state index is 12.2. The highest BCUT2D eigenvalue weighted by Crippen LogP contribution is 2.30. The van der Waals surface area contributed by atoms with Gasteiger partial charge in [-0.3, -0.25) is 4.79 Å². The van der Waals surface area contributed by atoms with Gasteiger partial charge in [-0.15, -0.1) is 5.10 Å². The highest BCUT2D eigenvalue weighted by Gasteiger charge is 2.16. The van der Waals surface area contributed by atoms with E-state index in [9.17, 15) is 13.6 Å². The second-order valence-electron chi connectivity index (χ2n) is 6.01. The summed E-state index contributed by atoms with van der Waals surface area (Å²) in [7, 11) is 3.01. The standard InChI is InChI=1S/C17H16F2N6O4S/c1-27-9-3-13(29-8-15(26)20-5-14(18)19)12-4-10(22-24(12)6-9)11-7-25-16(21-11)30-17(23-25)28-2/h3-4,6-7,14H,5,8H2,1-2H3,(H,20,26). The van der Waals surface area contributed by atoms with Gasteiger partial charge in [0.15, 0.2) is 6.61 Å². The number of rotatable bonds is 8. The molecule has 0 spiro atoms. The van der Waals surface area contributed by atoms with Gasteiger partial charge in [0, 0.05) is 6.07 Å². The molecule has 0 bridgehead atoms. The monoisotopic (exact) mass is 438 g/mol. The number of hydrogen-bond donors (Lipinski definition) is 1. The molecule has 0 aliphatic rings. The molecule has 0 fully saturated rings. The van der Waals surface area contributed by atoms with E-state index in [-0.39, 0.29) is 0 Å². The smallest absolute Gasteiger partial charge is 0.294 e. The maximum Gasteiger partial charge on any atom is 0.294 e. The second kappa shape index (κ2) is 8.10. The van der Waals surface area contributed by atoms with Crippen molar-refractivity contribution in [3.8, 4) is 28.1 Å². The van der Waals surface area contributed by atoms with E-state index < -0.39 is 25.5 Å². The number of imidazole rings is 1. The zero-order valence-electron chi connectivity index (χ0n) is 15.8. The van der Waals surface area contributed by atoms with E-state index in [4.69, 9.17) is 14.2 Å². The summed E-state index contributed by atoms with van der Waals surface area (Å²) < 4.78 is 43.4. The predicted octanol–water partition coefficient (Wildman–Crippen LogP) is 1.88. The van der Waals surface area contributed by atoms with Crippen molar-refractivity contribution in [2.24, 2.45) is 0 Å². The van der Waals surface area contributed by atoms with Gasteiger partial charge in [-0.1, -0.05) is 0 Å². The van der Waals surface area contributed by atoms with E-state index in [0.29, 0.717) is 38.6 Å². The van der Waals surface area contributed by atoms with Crippen LogP contribution in [-0.4, -0.2) is 63.9 Å². The number of alkyl halides is 2. The molecule has 0 aliphatic heterocycles. The van der Waals surface area contributed by atoms with Crippen molar-refractivity contribution in [3.63, 3.8) is 0 Å². The average molecular weight is 438 g/mol. The summed E-state index contributed by atoms with van der Waals surface area (Å²) >= 11 is 1.29. The first-order valence-electron chi connectivity index (χ1n) is 8.62. The number of amides is 1. The molecule has 158 valence electrons. The van der Waals surface area contributed by atoms with Crippen LogP contribution in [0.25, 0.3) is 21.9 Å². The SMILES string of the molecule is COc1cc(OCC(=O)NCC(F)F)c2cc(-c3cn4nc(OC)sc4n3)nn2c1. The molecule has 0 aliphatic carbocycles. The van der Waals surface area contributed by atoms with Gasteiger partial charge in [0.25, 0.3) is 17.5 Å². The van der Waals surface area contributed by atoms with Gasteiger partial charge in [-0.05, 0) is 17.4 Å². The topological polar surface area (TPSA) is 104 Å². The highest BCUT2D eigenvalue weighted by molar-refractivity contribution is 7.18. The lowest BCUT2D eigenvalue weighted by Crippen LogP contribution is -2.32. The number of nitrogens with one attached hydrogen (secondary N) is 1. The number of nitrogens with zero attached hydrogens (tertiary/aromatic N) is 5. The van der Waals surface area contributed by atoms with Gasteiger partial charge >= 0.3 is 0 Å². The van der Waals surface area contributed by atoms with Gasteiger partial charge in [-0.2, -0.15) is 5.10 Å². The number of ether oxygens (including phenoxy) is 3. The lowest BCUT2D eigenvalue weighted by molar-refractivity contribution is -0.123. The lowest BCUT2D eigenvalue weighted by Gasteiger charge is -2.10. The van der Waals surface area contributed by atoms with Crippen molar-refractivity contribution in [1.82, 2.24) is 29.5 Å². The van der Waals surface area contributed by atoms with Crippen LogP contribution >= 0.6 is 11.3 Å². The second-order valence-corrected chi connectivity index (χ2v) is 6.93. The Labute approximate surface area is 172 Å². The third kappa shape index (κ3) is 3.96. The summed E-state index contributed by atoms with van der Waals surface area (Å²) in [6.07, 6.45) is 0.724. The molecule has 0 atom stereocenters. The zero-order valence-corrected chi connectivity index (χ0v) is 16.7. The van der Waals surface area contributed by atoms with Crippen LogP contribution in [0.1, 0.15) is 0 Å². The van der Waals surface area contributed by atoms with Crippen LogP contribution in [0.5, 0.6) is 16.7 Å². The molecule has 0 saturated heterocycles. The van der Waals surface area contributed by atoms with Gasteiger partial charge in [0.2, 0.25) is 4.96 Å². The van der Waals surface area contributed by atoms with E-state index in [1.807, 2.05) is 0 Å². The average Bonchev–Trinajstić information content (AvgIpc) is 3.42. The van der Waals surface area contributed by atoms with Gasteiger partial charge in [0.1, 0.15) is 28.4 Å². The van der Waals surface area contributed by atoms with Crippen molar-refractivity contribution in [3.05, 3.63) is 24.5 Å². The third-order valence-corrected chi connectivity index (χ3v) is 4.90. The molecule has 0 radical (unpaired) electrons. The van der Waals surface area contributed by atoms with Crippen molar-refractivity contribution in [1.29, 1.82) is 0 Å². The molecule has 0 saturated carbocycles. The van der Waals surface area contributed by atoms with E-state index in [0.717, 1.165) is 0 Å². The lowest BCUT2D eigenvalue weighted by atomic mass is 10.3. The van der Waals surface area contributed by atoms with Crippen LogP contribution < -0.4 is 19.5 Å². The number of methoxy groups -OCH3 is 2. The Morgan fingerprint density at radius 1 is 1.17 bits per heavy atom. The van der Waals surface area contributed by atoms with Gasteiger partial charge in [0.05, 0.1) is 33.2 Å². The molecule has 1 amide bonds. The first-order valence-corrected chi connectivity index (χ1v) is 9.44. The molecule has 13 heteroatoms. The molecule has 10 nitrogen and oxygen atoms in total. The Balaban J connectivity index is 1.62. The molecule has 4 heterocycles. The molecule has 30 heavy (non-hydrogen) atoms. The number of pyridine rings is 1. The Bertz CT molecular complexity index is 1170. The van der Waals surface area contributed by atoms with Gasteiger partial charge < -0.3 is 19.5 Å². The van der Waals surface area contributed by atoms with E-state index >= 15 is 0 Å². The Morgan fingerprint density at radius 2 is 2.00 bits per heavy atom. The fourth-order valence-corrected chi connectivity index (χ4v) is 3.36. The number of fused-ring (bicyclic) bond motifs is 2. The number of hydrogen-bond acceptors (Lipinski definition) is 8. The minimum atomic E-state index is -2.63. The number of aromatic nitrogens is 5. The van der Waals surface area contributed by atoms with Gasteiger partial charge in [-0.25, -0.2) is 22.8 Å². The molecule has 4 rings (SSSR count). The molecule has 0 aromatic carbocycles. The Morgan fingerprint density at radius 3 is 2.70 bits per heavy atom. The fourth-order valence-electron chi connectivity index (χ4n) is 2.66. The van der Waals surface area contributed by atoms with Crippen LogP contribution in [0.3, 0.4) is 0 Å². The minimum absolute atomic E-state index is 0.307. The molecule has 4 aromatic rings. The van der Waals surface area contributed by atoms with E-state index in [1.165, 1.54) is 30.1 Å². The first-order chi connectivity index (χ1) is 14.5. The molecule has 4 aromatic heterocycles. The minimum Gasteiger partial charge on any atom is -0.495 e. The van der Waals surface area contributed by atoms with E-state index in [2.05, 4.69) is 20.5 Å². The van der Waals surface area contributed by atoms with Crippen LogP contribution in [0.2, 0.25) is 0 Å². The predicted molar refractivity (Wildman–Crippen MR) is 103 cm³/mol. The van der Waals surface area contributed by atoms with Crippen molar-refractivity contribution < 1.29 is 27.8 Å². The van der Waals surface area contributed by atoms with Crippen molar-refractivity contribution >= 4 is 27.7 Å². The van der Waals surface area contributed by atoms with E-state index in [1.54, 1.807) is 29.0 Å². The fraction of sp³-hybridized carbons (Fsp3) is 0.294. The largest absolute Gasteiger partial charge is 0.495 e. The maximum absolute atomic E-state index is 12.2. The molecule has 1 N–H and O–H groups in total. The quantitative estimate of drug-likeness (QED) is 0.448. The first kappa shape index (κ1) is 19.8. The van der Waals surface area contributed by atoms with Crippen molar-refractivity contribution in [2.45, 2.75) is 6.43 Å². The zero-order chi connectivity index (χ0) is 21.3. The van der Waals surface area contributed by atoms with Crippen molar-refractivity contribution in [2.75, 3.05) is 27.4 Å². The summed E-state index contributed by atoms with van der Waals surface area (Å²) in [5.74, 6) is 0.0869. The summed E-state index contributed by atoms with van der Waals surface area (Å²) in [6, 6.07) is 3.31. The van der Waals surface area contributed by atoms with Crippen LogP contribution in [-0.2, 0) is 4.79 Å². The highest BCUT2D eigenvalue weighted by atomic mass is 32.1. The number of carbonyl (C=O) groups is 1. The molecular weight excluding hydrogens is 422 g/mol. The third-order valence-electron chi connectivity index (χ3n) is 4.02. The Kier molecular flexibility index (Phi) is 5.35. The number of carbonyl (C=O) groups excluding carboxylic acids is 1. The summed E-state index contributed by atoms with van der Waals surface area (Å²) in [4.78, 5) is 16.8. The molecular formula is C17H16F2N6O4S. The Hall–Kier alpha value is -3.48. The summed E-state index contributed by atoms with van der Waals surface area (Å²) in [5, 5.41) is 11.3. The van der Waals surface area contributed by atoms with Crippen LogP contribution in [0, 0.1) is 0 Å². The summed E-state index contributed by atoms with van der Waals surface area (Å²) in [6.45, 7) is -1.16. The van der Waals surface area contributed by atoms with Crippen LogP contribution in [0.4, 0.5) is 8.78 Å². The summed E-state index contributed by atoms with van der Waals surface area (Å²) in [5.41, 5.74) is 1.68.